The Morgan fingerprint density at radius 2 is 2.30 bits per heavy atom. The van der Waals surface area contributed by atoms with Crippen molar-refractivity contribution in [3.8, 4) is 0 Å². The summed E-state index contributed by atoms with van der Waals surface area (Å²) in [6, 6.07) is 1.93. The Bertz CT molecular complexity index is 197. The Morgan fingerprint density at radius 1 is 1.70 bits per heavy atom. The highest BCUT2D eigenvalue weighted by Crippen LogP contribution is 2.26. The summed E-state index contributed by atoms with van der Waals surface area (Å²) in [6.45, 7) is 1.93. The molecule has 0 fully saturated rings. The van der Waals surface area contributed by atoms with Gasteiger partial charge < -0.3 is 5.73 Å². The summed E-state index contributed by atoms with van der Waals surface area (Å²) < 4.78 is 0. The summed E-state index contributed by atoms with van der Waals surface area (Å²) in [7, 11) is 0. The van der Waals surface area contributed by atoms with Crippen LogP contribution < -0.4 is 5.73 Å². The average Bonchev–Trinajstić information content (AvgIpc) is 2.13. The molecule has 1 aromatic rings. The zero-order chi connectivity index (χ0) is 6.85. The highest BCUT2D eigenvalue weighted by atomic mass is 35.5. The van der Waals surface area contributed by atoms with Crippen LogP contribution in [0.4, 0.5) is 0 Å². The van der Waals surface area contributed by atoms with E-state index in [2.05, 4.69) is 0 Å². The lowest BCUT2D eigenvalue weighted by molar-refractivity contribution is 0.839. The van der Waals surface area contributed by atoms with Gasteiger partial charge in [0.15, 0.2) is 0 Å². The minimum atomic E-state index is 0. The summed E-state index contributed by atoms with van der Waals surface area (Å²) in [5.41, 5.74) is 5.58. The molecule has 2 N–H and O–H groups in total. The quantitative estimate of drug-likeness (QED) is 0.737. The molecule has 0 aliphatic rings. The maximum atomic E-state index is 5.77. The molecule has 1 atom stereocenters. The van der Waals surface area contributed by atoms with Crippen molar-refractivity contribution in [2.75, 3.05) is 0 Å². The fraction of sp³-hybridized carbons (Fsp3) is 0.333. The fourth-order valence-electron chi connectivity index (χ4n) is 0.630. The lowest BCUT2D eigenvalue weighted by Crippen LogP contribution is -2.02. The number of hydrogen-bond donors (Lipinski definition) is 1. The van der Waals surface area contributed by atoms with Crippen LogP contribution in [0.5, 0.6) is 0 Å². The largest absolute Gasteiger partial charge is 0.323 e. The Kier molecular flexibility index (Phi) is 4.29. The van der Waals surface area contributed by atoms with E-state index in [1.165, 1.54) is 0 Å². The first-order valence-electron chi connectivity index (χ1n) is 2.70. The predicted octanol–water partition coefficient (Wildman–Crippen LogP) is 2.84. The van der Waals surface area contributed by atoms with Gasteiger partial charge in [-0.1, -0.05) is 11.6 Å². The molecule has 58 valence electrons. The number of thiophene rings is 1. The van der Waals surface area contributed by atoms with Gasteiger partial charge in [-0.05, 0) is 18.4 Å². The highest BCUT2D eigenvalue weighted by Gasteiger charge is 2.04. The summed E-state index contributed by atoms with van der Waals surface area (Å²) in [6.07, 6.45) is 0. The second-order valence-electron chi connectivity index (χ2n) is 1.92. The van der Waals surface area contributed by atoms with Crippen molar-refractivity contribution in [3.05, 3.63) is 21.3 Å². The summed E-state index contributed by atoms with van der Waals surface area (Å²) >= 11 is 7.37. The van der Waals surface area contributed by atoms with Crippen molar-refractivity contribution in [2.45, 2.75) is 13.0 Å². The number of halogens is 2. The summed E-state index contributed by atoms with van der Waals surface area (Å²) in [4.78, 5) is 1.07. The standard InChI is InChI=1S/C6H8ClNS.ClH/c1-4(8)6-5(7)2-3-9-6;/h2-4H,8H2,1H3;1H/t4-;/m1./s1. The molecule has 1 nitrogen and oxygen atoms in total. The van der Waals surface area contributed by atoms with Crippen molar-refractivity contribution in [1.29, 1.82) is 0 Å². The molecule has 1 aromatic heterocycles. The van der Waals surface area contributed by atoms with Gasteiger partial charge in [-0.25, -0.2) is 0 Å². The second kappa shape index (κ2) is 4.19. The third kappa shape index (κ3) is 2.13. The van der Waals surface area contributed by atoms with Crippen LogP contribution in [0.1, 0.15) is 17.8 Å². The van der Waals surface area contributed by atoms with Crippen LogP contribution in [0.3, 0.4) is 0 Å². The smallest absolute Gasteiger partial charge is 0.0560 e. The van der Waals surface area contributed by atoms with E-state index in [4.69, 9.17) is 17.3 Å². The lowest BCUT2D eigenvalue weighted by Gasteiger charge is -1.99. The number of hydrogen-bond acceptors (Lipinski definition) is 2. The molecule has 10 heavy (non-hydrogen) atoms. The zero-order valence-electron chi connectivity index (χ0n) is 5.50. The van der Waals surface area contributed by atoms with Crippen LogP contribution in [0.15, 0.2) is 11.4 Å². The molecule has 4 heteroatoms. The summed E-state index contributed by atoms with van der Waals surface area (Å²) in [5.74, 6) is 0. The molecule has 0 bridgehead atoms. The van der Waals surface area contributed by atoms with Crippen molar-refractivity contribution < 1.29 is 0 Å². The Morgan fingerprint density at radius 3 is 2.50 bits per heavy atom. The SMILES string of the molecule is C[C@@H](N)c1sccc1Cl.Cl. The van der Waals surface area contributed by atoms with Gasteiger partial charge in [0.1, 0.15) is 0 Å². The van der Waals surface area contributed by atoms with Gasteiger partial charge in [-0.3, -0.25) is 0 Å². The topological polar surface area (TPSA) is 26.0 Å². The van der Waals surface area contributed by atoms with E-state index < -0.39 is 0 Å². The van der Waals surface area contributed by atoms with Gasteiger partial charge in [-0.15, -0.1) is 23.7 Å². The third-order valence-electron chi connectivity index (χ3n) is 1.06. The van der Waals surface area contributed by atoms with Crippen LogP contribution in [0.2, 0.25) is 5.02 Å². The Labute approximate surface area is 75.6 Å². The summed E-state index contributed by atoms with van der Waals surface area (Å²) in [5, 5.41) is 2.73. The first-order valence-corrected chi connectivity index (χ1v) is 3.96. The van der Waals surface area contributed by atoms with E-state index in [1.807, 2.05) is 18.4 Å². The van der Waals surface area contributed by atoms with Gasteiger partial charge in [0.05, 0.1) is 5.02 Å². The minimum Gasteiger partial charge on any atom is -0.323 e. The van der Waals surface area contributed by atoms with E-state index in [1.54, 1.807) is 11.3 Å². The van der Waals surface area contributed by atoms with Gasteiger partial charge in [0, 0.05) is 10.9 Å². The normalized spacial score (nSPS) is 12.3. The first kappa shape index (κ1) is 10.2. The van der Waals surface area contributed by atoms with Crippen molar-refractivity contribution >= 4 is 35.3 Å². The van der Waals surface area contributed by atoms with Crippen LogP contribution in [-0.4, -0.2) is 0 Å². The van der Waals surface area contributed by atoms with Crippen LogP contribution in [0, 0.1) is 0 Å². The van der Waals surface area contributed by atoms with Gasteiger partial charge in [-0.2, -0.15) is 0 Å². The second-order valence-corrected chi connectivity index (χ2v) is 3.28. The molecule has 0 unspecified atom stereocenters. The molecule has 0 amide bonds. The fourth-order valence-corrected chi connectivity index (χ4v) is 1.82. The van der Waals surface area contributed by atoms with E-state index >= 15 is 0 Å². The number of nitrogens with two attached hydrogens (primary N) is 1. The molecule has 1 heterocycles. The van der Waals surface area contributed by atoms with E-state index in [-0.39, 0.29) is 18.4 Å². The van der Waals surface area contributed by atoms with Crippen molar-refractivity contribution in [3.63, 3.8) is 0 Å². The molecule has 0 aliphatic carbocycles. The maximum absolute atomic E-state index is 5.77. The Hall–Kier alpha value is 0.240. The molecule has 0 radical (unpaired) electrons. The zero-order valence-corrected chi connectivity index (χ0v) is 7.89. The minimum absolute atomic E-state index is 0. The molecular weight excluding hydrogens is 189 g/mol. The average molecular weight is 198 g/mol. The van der Waals surface area contributed by atoms with E-state index in [9.17, 15) is 0 Å². The van der Waals surface area contributed by atoms with Crippen molar-refractivity contribution in [1.82, 2.24) is 0 Å². The highest BCUT2D eigenvalue weighted by molar-refractivity contribution is 7.10. The van der Waals surface area contributed by atoms with Crippen LogP contribution >= 0.6 is 35.3 Å². The van der Waals surface area contributed by atoms with Gasteiger partial charge in [0.25, 0.3) is 0 Å². The molecular formula is C6H9Cl2NS. The molecule has 0 aliphatic heterocycles. The lowest BCUT2D eigenvalue weighted by atomic mass is 10.3. The molecule has 1 rings (SSSR count). The molecule has 0 aromatic carbocycles. The monoisotopic (exact) mass is 197 g/mol. The van der Waals surface area contributed by atoms with E-state index in [0.717, 1.165) is 9.90 Å². The molecule has 0 saturated heterocycles. The Balaban J connectivity index is 0.000000810. The number of rotatable bonds is 1. The van der Waals surface area contributed by atoms with E-state index in [0.29, 0.717) is 0 Å². The van der Waals surface area contributed by atoms with Gasteiger partial charge >= 0.3 is 0 Å². The third-order valence-corrected chi connectivity index (χ3v) is 2.62. The predicted molar refractivity (Wildman–Crippen MR) is 49.2 cm³/mol. The molecule has 0 spiro atoms. The van der Waals surface area contributed by atoms with Crippen molar-refractivity contribution in [2.24, 2.45) is 5.73 Å². The van der Waals surface area contributed by atoms with Gasteiger partial charge in [0.2, 0.25) is 0 Å². The van der Waals surface area contributed by atoms with Crippen LogP contribution in [-0.2, 0) is 0 Å². The molecule has 0 saturated carbocycles. The first-order chi connectivity index (χ1) is 4.22. The van der Waals surface area contributed by atoms with Crippen LogP contribution in [0.25, 0.3) is 0 Å². The maximum Gasteiger partial charge on any atom is 0.0560 e.